The van der Waals surface area contributed by atoms with Gasteiger partial charge in [0, 0.05) is 18.8 Å². The number of carbonyl (C=O) groups is 1. The van der Waals surface area contributed by atoms with Crippen LogP contribution in [0.25, 0.3) is 0 Å². The van der Waals surface area contributed by atoms with Gasteiger partial charge in [-0.3, -0.25) is 9.10 Å². The maximum absolute atomic E-state index is 13.6. The zero-order chi connectivity index (χ0) is 27.3. The van der Waals surface area contributed by atoms with Gasteiger partial charge in [-0.1, -0.05) is 17.7 Å². The molecule has 4 rings (SSSR count). The number of nitrogens with one attached hydrogen (secondary N) is 1. The molecule has 1 heterocycles. The second-order valence-electron chi connectivity index (χ2n) is 8.94. The van der Waals surface area contributed by atoms with E-state index in [-0.39, 0.29) is 9.79 Å². The van der Waals surface area contributed by atoms with E-state index in [2.05, 4.69) is 5.32 Å². The lowest BCUT2D eigenvalue weighted by Crippen LogP contribution is -2.38. The molecule has 0 unspecified atom stereocenters. The van der Waals surface area contributed by atoms with E-state index >= 15 is 0 Å². The maximum Gasteiger partial charge on any atom is 0.264 e. The topological polar surface area (TPSA) is 113 Å². The Bertz CT molecular complexity index is 1470. The van der Waals surface area contributed by atoms with E-state index in [1.54, 1.807) is 36.4 Å². The Morgan fingerprint density at radius 3 is 2.03 bits per heavy atom. The van der Waals surface area contributed by atoms with Gasteiger partial charge in [0.1, 0.15) is 12.3 Å². The highest BCUT2D eigenvalue weighted by atomic mass is 32.2. The molecular formula is C27H31N3O6S2. The number of hydrogen-bond donors (Lipinski definition) is 1. The Balaban J connectivity index is 1.54. The highest BCUT2D eigenvalue weighted by molar-refractivity contribution is 7.92. The Morgan fingerprint density at radius 1 is 0.868 bits per heavy atom. The van der Waals surface area contributed by atoms with E-state index in [1.807, 2.05) is 13.8 Å². The van der Waals surface area contributed by atoms with Crippen LogP contribution >= 0.6 is 0 Å². The lowest BCUT2D eigenvalue weighted by Gasteiger charge is -2.24. The monoisotopic (exact) mass is 557 g/mol. The fourth-order valence-electron chi connectivity index (χ4n) is 4.15. The van der Waals surface area contributed by atoms with Crippen molar-refractivity contribution in [1.29, 1.82) is 0 Å². The number of anilines is 2. The molecule has 0 bridgehead atoms. The molecule has 9 nitrogen and oxygen atoms in total. The molecule has 1 amide bonds. The Hall–Kier alpha value is -3.41. The maximum atomic E-state index is 13.6. The van der Waals surface area contributed by atoms with Crippen molar-refractivity contribution in [2.75, 3.05) is 35.9 Å². The van der Waals surface area contributed by atoms with Gasteiger partial charge in [-0.2, -0.15) is 4.31 Å². The first kappa shape index (κ1) is 27.6. The number of aryl methyl sites for hydroxylation is 1. The van der Waals surface area contributed by atoms with E-state index < -0.39 is 32.5 Å². The summed E-state index contributed by atoms with van der Waals surface area (Å²) in [6.07, 6.45) is 1.68. The van der Waals surface area contributed by atoms with Crippen molar-refractivity contribution < 1.29 is 26.4 Å². The molecular weight excluding hydrogens is 526 g/mol. The van der Waals surface area contributed by atoms with E-state index in [1.165, 1.54) is 40.7 Å². The Kier molecular flexibility index (Phi) is 8.39. The number of benzene rings is 3. The van der Waals surface area contributed by atoms with Gasteiger partial charge in [0.15, 0.2) is 0 Å². The molecule has 1 fully saturated rings. The summed E-state index contributed by atoms with van der Waals surface area (Å²) in [5.74, 6) is -0.0310. The quantitative estimate of drug-likeness (QED) is 0.403. The van der Waals surface area contributed by atoms with E-state index in [0.29, 0.717) is 36.8 Å². The largest absolute Gasteiger partial charge is 0.494 e. The summed E-state index contributed by atoms with van der Waals surface area (Å²) in [6, 6.07) is 18.7. The molecule has 0 atom stereocenters. The summed E-state index contributed by atoms with van der Waals surface area (Å²) in [6.45, 7) is 4.69. The van der Waals surface area contributed by atoms with Gasteiger partial charge >= 0.3 is 0 Å². The summed E-state index contributed by atoms with van der Waals surface area (Å²) in [5, 5.41) is 2.68. The van der Waals surface area contributed by atoms with E-state index in [4.69, 9.17) is 4.74 Å². The second-order valence-corrected chi connectivity index (χ2v) is 12.7. The van der Waals surface area contributed by atoms with Crippen LogP contribution in [-0.4, -0.2) is 53.3 Å². The van der Waals surface area contributed by atoms with Gasteiger partial charge in [-0.25, -0.2) is 16.8 Å². The Morgan fingerprint density at radius 2 is 1.45 bits per heavy atom. The smallest absolute Gasteiger partial charge is 0.264 e. The summed E-state index contributed by atoms with van der Waals surface area (Å²) in [5.41, 5.74) is 1.64. The van der Waals surface area contributed by atoms with Gasteiger partial charge in [0.25, 0.3) is 10.0 Å². The SMILES string of the molecule is CCOc1ccc(S(=O)(=O)N(CC(=O)Nc2ccc(S(=O)(=O)N3CCCC3)cc2)c2ccc(C)cc2)cc1. The molecule has 11 heteroatoms. The molecule has 1 N–H and O–H groups in total. The van der Waals surface area contributed by atoms with Crippen LogP contribution in [0.2, 0.25) is 0 Å². The van der Waals surface area contributed by atoms with Gasteiger partial charge in [-0.05, 0) is 87.4 Å². The molecule has 0 spiro atoms. The van der Waals surface area contributed by atoms with Crippen LogP contribution in [0.5, 0.6) is 5.75 Å². The normalized spacial score (nSPS) is 14.3. The van der Waals surface area contributed by atoms with Gasteiger partial charge < -0.3 is 10.1 Å². The van der Waals surface area contributed by atoms with Gasteiger partial charge in [0.2, 0.25) is 15.9 Å². The molecule has 1 aliphatic rings. The molecule has 3 aromatic carbocycles. The molecule has 202 valence electrons. The third-order valence-corrected chi connectivity index (χ3v) is 9.87. The molecule has 1 saturated heterocycles. The number of nitrogens with zero attached hydrogens (tertiary/aromatic N) is 2. The third-order valence-electron chi connectivity index (χ3n) is 6.17. The number of hydrogen-bond acceptors (Lipinski definition) is 6. The van der Waals surface area contributed by atoms with Crippen LogP contribution < -0.4 is 14.4 Å². The van der Waals surface area contributed by atoms with E-state index in [9.17, 15) is 21.6 Å². The van der Waals surface area contributed by atoms with Gasteiger partial charge in [0.05, 0.1) is 22.1 Å². The minimum absolute atomic E-state index is 0.0193. The molecule has 0 saturated carbocycles. The predicted octanol–water partition coefficient (Wildman–Crippen LogP) is 4.01. The standard InChI is InChI=1S/C27H31N3O6S2/c1-3-36-24-12-16-26(17-13-24)38(34,35)30(23-10-6-21(2)7-11-23)20-27(31)28-22-8-14-25(15-9-22)37(32,33)29-18-4-5-19-29/h6-17H,3-5,18-20H2,1-2H3,(H,28,31). The second kappa shape index (κ2) is 11.5. The molecule has 38 heavy (non-hydrogen) atoms. The number of rotatable bonds is 10. The van der Waals surface area contributed by atoms with Crippen LogP contribution in [0.4, 0.5) is 11.4 Å². The van der Waals surface area contributed by atoms with Crippen molar-refractivity contribution in [2.24, 2.45) is 0 Å². The summed E-state index contributed by atoms with van der Waals surface area (Å²) < 4.78 is 60.6. The summed E-state index contributed by atoms with van der Waals surface area (Å²) in [7, 11) is -7.66. The minimum Gasteiger partial charge on any atom is -0.494 e. The van der Waals surface area contributed by atoms with Crippen LogP contribution in [0.15, 0.2) is 82.6 Å². The average molecular weight is 558 g/mol. The lowest BCUT2D eigenvalue weighted by atomic mass is 10.2. The van der Waals surface area contributed by atoms with Crippen LogP contribution in [0.3, 0.4) is 0 Å². The van der Waals surface area contributed by atoms with E-state index in [0.717, 1.165) is 22.7 Å². The number of sulfonamides is 2. The van der Waals surface area contributed by atoms with Crippen molar-refractivity contribution in [3.8, 4) is 5.75 Å². The first-order valence-corrected chi connectivity index (χ1v) is 15.2. The van der Waals surface area contributed by atoms with Crippen LogP contribution in [0.1, 0.15) is 25.3 Å². The Labute approximate surface area is 224 Å². The van der Waals surface area contributed by atoms with Crippen molar-refractivity contribution in [1.82, 2.24) is 4.31 Å². The fourth-order valence-corrected chi connectivity index (χ4v) is 7.08. The van der Waals surface area contributed by atoms with Crippen LogP contribution in [-0.2, 0) is 24.8 Å². The first-order valence-electron chi connectivity index (χ1n) is 12.3. The first-order chi connectivity index (χ1) is 18.1. The number of amides is 1. The molecule has 1 aliphatic heterocycles. The number of carbonyl (C=O) groups excluding carboxylic acids is 1. The summed E-state index contributed by atoms with van der Waals surface area (Å²) in [4.78, 5) is 13.2. The van der Waals surface area contributed by atoms with Crippen molar-refractivity contribution >= 4 is 37.3 Å². The summed E-state index contributed by atoms with van der Waals surface area (Å²) >= 11 is 0. The highest BCUT2D eigenvalue weighted by Gasteiger charge is 2.29. The van der Waals surface area contributed by atoms with Crippen LogP contribution in [0, 0.1) is 6.92 Å². The fraction of sp³-hybridized carbons (Fsp3) is 0.296. The molecule has 0 aliphatic carbocycles. The lowest BCUT2D eigenvalue weighted by molar-refractivity contribution is -0.114. The van der Waals surface area contributed by atoms with Crippen molar-refractivity contribution in [3.05, 3.63) is 78.4 Å². The predicted molar refractivity (Wildman–Crippen MR) is 146 cm³/mol. The average Bonchev–Trinajstić information content (AvgIpc) is 3.45. The zero-order valence-electron chi connectivity index (χ0n) is 21.3. The van der Waals surface area contributed by atoms with Crippen molar-refractivity contribution in [2.45, 2.75) is 36.5 Å². The zero-order valence-corrected chi connectivity index (χ0v) is 23.0. The highest BCUT2D eigenvalue weighted by Crippen LogP contribution is 2.26. The molecule has 3 aromatic rings. The van der Waals surface area contributed by atoms with Crippen molar-refractivity contribution in [3.63, 3.8) is 0 Å². The molecule has 0 radical (unpaired) electrons. The molecule has 0 aromatic heterocycles. The number of ether oxygens (including phenoxy) is 1. The minimum atomic E-state index is -4.09. The third kappa shape index (κ3) is 6.17. The van der Waals surface area contributed by atoms with Gasteiger partial charge in [-0.15, -0.1) is 0 Å².